The van der Waals surface area contributed by atoms with Crippen molar-refractivity contribution in [3.8, 4) is 0 Å². The van der Waals surface area contributed by atoms with Crippen molar-refractivity contribution < 1.29 is 4.79 Å². The van der Waals surface area contributed by atoms with Crippen molar-refractivity contribution in [3.05, 3.63) is 52.5 Å². The summed E-state index contributed by atoms with van der Waals surface area (Å²) in [7, 11) is 0. The number of nitrogens with zero attached hydrogens (tertiary/aromatic N) is 3. The quantitative estimate of drug-likeness (QED) is 0.866. The molecule has 2 aliphatic rings. The Kier molecular flexibility index (Phi) is 4.14. The zero-order chi connectivity index (χ0) is 15.6. The fraction of sp³-hybridized carbons (Fsp3) is 0.444. The molecule has 1 saturated heterocycles. The predicted molar refractivity (Wildman–Crippen MR) is 91.3 cm³/mol. The van der Waals surface area contributed by atoms with Gasteiger partial charge in [0.25, 0.3) is 0 Å². The Labute approximate surface area is 140 Å². The molecule has 1 aliphatic heterocycles. The maximum Gasteiger partial charge on any atom is 0.226 e. The average Bonchev–Trinajstić information content (AvgIpc) is 3.25. The van der Waals surface area contributed by atoms with E-state index < -0.39 is 0 Å². The Hall–Kier alpha value is -1.72. The number of carbonyl (C=O) groups is 1. The lowest BCUT2D eigenvalue weighted by Crippen LogP contribution is -2.48. The first kappa shape index (κ1) is 14.8. The summed E-state index contributed by atoms with van der Waals surface area (Å²) in [6.45, 7) is 4.50. The summed E-state index contributed by atoms with van der Waals surface area (Å²) < 4.78 is 0. The van der Waals surface area contributed by atoms with E-state index in [1.54, 1.807) is 11.3 Å². The maximum absolute atomic E-state index is 12.7. The van der Waals surface area contributed by atoms with Crippen LogP contribution in [0, 0.1) is 5.92 Å². The third-order valence-corrected chi connectivity index (χ3v) is 5.52. The van der Waals surface area contributed by atoms with Gasteiger partial charge >= 0.3 is 0 Å². The monoisotopic (exact) mass is 327 g/mol. The molecule has 0 bridgehead atoms. The zero-order valence-electron chi connectivity index (χ0n) is 13.1. The Morgan fingerprint density at radius 2 is 1.96 bits per heavy atom. The third kappa shape index (κ3) is 3.31. The lowest BCUT2D eigenvalue weighted by atomic mass is 10.1. The second-order valence-electron chi connectivity index (χ2n) is 6.44. The van der Waals surface area contributed by atoms with E-state index in [4.69, 9.17) is 0 Å². The molecule has 1 amide bonds. The molecule has 0 radical (unpaired) electrons. The highest BCUT2D eigenvalue weighted by atomic mass is 32.1. The molecular weight excluding hydrogens is 306 g/mol. The molecule has 1 aromatic carbocycles. The van der Waals surface area contributed by atoms with Crippen molar-refractivity contribution in [2.75, 3.05) is 26.2 Å². The van der Waals surface area contributed by atoms with E-state index in [1.807, 2.05) is 11.6 Å². The van der Waals surface area contributed by atoms with E-state index in [1.165, 1.54) is 5.56 Å². The Morgan fingerprint density at radius 3 is 2.65 bits per heavy atom. The summed E-state index contributed by atoms with van der Waals surface area (Å²) in [5.74, 6) is 1.01. The van der Waals surface area contributed by atoms with E-state index in [2.05, 4.69) is 44.4 Å². The molecule has 0 unspecified atom stereocenters. The Bertz CT molecular complexity index is 650. The van der Waals surface area contributed by atoms with Crippen LogP contribution in [-0.2, 0) is 11.3 Å². The third-order valence-electron chi connectivity index (χ3n) is 4.89. The first-order valence-electron chi connectivity index (χ1n) is 8.24. The van der Waals surface area contributed by atoms with E-state index in [-0.39, 0.29) is 5.92 Å². The molecule has 23 heavy (non-hydrogen) atoms. The summed E-state index contributed by atoms with van der Waals surface area (Å²) in [4.78, 5) is 21.5. The van der Waals surface area contributed by atoms with Crippen LogP contribution < -0.4 is 0 Å². The van der Waals surface area contributed by atoms with Crippen LogP contribution in [0.2, 0.25) is 0 Å². The molecule has 4 nitrogen and oxygen atoms in total. The summed E-state index contributed by atoms with van der Waals surface area (Å²) in [6.07, 6.45) is 1.02. The number of rotatable bonds is 4. The van der Waals surface area contributed by atoms with Gasteiger partial charge in [0.15, 0.2) is 0 Å². The smallest absolute Gasteiger partial charge is 0.226 e. The van der Waals surface area contributed by atoms with Crippen LogP contribution >= 0.6 is 11.3 Å². The molecule has 2 aromatic rings. The summed E-state index contributed by atoms with van der Waals surface area (Å²) >= 11 is 1.64. The van der Waals surface area contributed by atoms with Gasteiger partial charge in [-0.1, -0.05) is 30.3 Å². The molecule has 4 rings (SSSR count). The second kappa shape index (κ2) is 6.42. The fourth-order valence-corrected chi connectivity index (χ4v) is 3.99. The number of hydrogen-bond donors (Lipinski definition) is 0. The number of aromatic nitrogens is 1. The molecule has 0 spiro atoms. The molecule has 2 atom stereocenters. The zero-order valence-corrected chi connectivity index (χ0v) is 13.9. The van der Waals surface area contributed by atoms with Crippen LogP contribution in [0.4, 0.5) is 0 Å². The molecule has 2 fully saturated rings. The number of carbonyl (C=O) groups excluding carboxylic acids is 1. The lowest BCUT2D eigenvalue weighted by Gasteiger charge is -2.34. The maximum atomic E-state index is 12.7. The van der Waals surface area contributed by atoms with Gasteiger partial charge in [-0.15, -0.1) is 11.3 Å². The topological polar surface area (TPSA) is 36.4 Å². The second-order valence-corrected chi connectivity index (χ2v) is 7.16. The van der Waals surface area contributed by atoms with Gasteiger partial charge in [-0.3, -0.25) is 9.69 Å². The van der Waals surface area contributed by atoms with Gasteiger partial charge in [-0.25, -0.2) is 4.98 Å². The van der Waals surface area contributed by atoms with Crippen LogP contribution in [0.15, 0.2) is 41.2 Å². The van der Waals surface area contributed by atoms with Crippen molar-refractivity contribution in [3.63, 3.8) is 0 Å². The average molecular weight is 327 g/mol. The van der Waals surface area contributed by atoms with Gasteiger partial charge in [-0.05, 0) is 17.9 Å². The van der Waals surface area contributed by atoms with Gasteiger partial charge in [0.1, 0.15) is 0 Å². The minimum Gasteiger partial charge on any atom is -0.340 e. The summed E-state index contributed by atoms with van der Waals surface area (Å²) in [6, 6.07) is 10.4. The number of hydrogen-bond acceptors (Lipinski definition) is 4. The van der Waals surface area contributed by atoms with Crippen LogP contribution in [-0.4, -0.2) is 46.9 Å². The minimum absolute atomic E-state index is 0.211. The molecule has 1 saturated carbocycles. The molecular formula is C18H21N3OS. The molecule has 5 heteroatoms. The van der Waals surface area contributed by atoms with Crippen molar-refractivity contribution in [1.82, 2.24) is 14.8 Å². The van der Waals surface area contributed by atoms with Gasteiger partial charge in [0.05, 0.1) is 11.2 Å². The number of thiazole rings is 1. The van der Waals surface area contributed by atoms with Crippen LogP contribution in [0.3, 0.4) is 0 Å². The SMILES string of the molecule is O=C([C@@H]1C[C@@H]1c1ccccc1)N1CCN(Cc2cscn2)CC1. The van der Waals surface area contributed by atoms with E-state index >= 15 is 0 Å². The normalized spacial score (nSPS) is 24.6. The van der Waals surface area contributed by atoms with Crippen molar-refractivity contribution >= 4 is 17.2 Å². The van der Waals surface area contributed by atoms with Gasteiger partial charge in [0, 0.05) is 44.0 Å². The molecule has 1 aliphatic carbocycles. The van der Waals surface area contributed by atoms with Crippen molar-refractivity contribution in [2.45, 2.75) is 18.9 Å². The van der Waals surface area contributed by atoms with Crippen LogP contribution in [0.25, 0.3) is 0 Å². The van der Waals surface area contributed by atoms with Crippen LogP contribution in [0.5, 0.6) is 0 Å². The number of benzene rings is 1. The summed E-state index contributed by atoms with van der Waals surface area (Å²) in [5, 5.41) is 2.10. The first-order chi connectivity index (χ1) is 11.3. The number of amides is 1. The van der Waals surface area contributed by atoms with Gasteiger partial charge in [0.2, 0.25) is 5.91 Å². The Balaban J connectivity index is 1.28. The Morgan fingerprint density at radius 1 is 1.17 bits per heavy atom. The number of piperazine rings is 1. The molecule has 2 heterocycles. The fourth-order valence-electron chi connectivity index (χ4n) is 3.44. The van der Waals surface area contributed by atoms with Gasteiger partial charge < -0.3 is 4.90 Å². The van der Waals surface area contributed by atoms with Crippen molar-refractivity contribution in [2.24, 2.45) is 5.92 Å². The highest BCUT2D eigenvalue weighted by molar-refractivity contribution is 7.07. The van der Waals surface area contributed by atoms with Crippen molar-refractivity contribution in [1.29, 1.82) is 0 Å². The highest BCUT2D eigenvalue weighted by Crippen LogP contribution is 2.48. The van der Waals surface area contributed by atoms with E-state index in [0.717, 1.165) is 44.8 Å². The van der Waals surface area contributed by atoms with E-state index in [9.17, 15) is 4.79 Å². The largest absolute Gasteiger partial charge is 0.340 e. The minimum atomic E-state index is 0.211. The first-order valence-corrected chi connectivity index (χ1v) is 9.18. The van der Waals surface area contributed by atoms with Gasteiger partial charge in [-0.2, -0.15) is 0 Å². The van der Waals surface area contributed by atoms with Crippen LogP contribution in [0.1, 0.15) is 23.6 Å². The molecule has 1 aromatic heterocycles. The standard InChI is InChI=1S/C18H21N3OS/c22-18(17-10-16(17)14-4-2-1-3-5-14)21-8-6-20(7-9-21)11-15-12-23-13-19-15/h1-5,12-13,16-17H,6-11H2/t16-,17-/m1/s1. The molecule has 0 N–H and O–H groups in total. The lowest BCUT2D eigenvalue weighted by molar-refractivity contribution is -0.134. The highest BCUT2D eigenvalue weighted by Gasteiger charge is 2.45. The predicted octanol–water partition coefficient (Wildman–Crippen LogP) is 2.59. The summed E-state index contributed by atoms with van der Waals surface area (Å²) in [5.41, 5.74) is 4.33. The molecule has 120 valence electrons. The van der Waals surface area contributed by atoms with E-state index in [0.29, 0.717) is 11.8 Å².